The molecule has 126 valence electrons. The smallest absolute Gasteiger partial charge is 0.407 e. The van der Waals surface area contributed by atoms with E-state index < -0.39 is 5.60 Å². The van der Waals surface area contributed by atoms with Gasteiger partial charge in [0.1, 0.15) is 5.60 Å². The SMILES string of the molecule is CC(C)(C)OC(=O)NC1CCC(NCCC2=CCCC2)CC1. The summed E-state index contributed by atoms with van der Waals surface area (Å²) in [5, 5.41) is 6.67. The van der Waals surface area contributed by atoms with Crippen LogP contribution < -0.4 is 10.6 Å². The summed E-state index contributed by atoms with van der Waals surface area (Å²) < 4.78 is 5.32. The molecule has 0 aromatic rings. The molecule has 4 nitrogen and oxygen atoms in total. The average Bonchev–Trinajstić information content (AvgIpc) is 2.92. The molecule has 2 aliphatic rings. The van der Waals surface area contributed by atoms with Crippen molar-refractivity contribution < 1.29 is 9.53 Å². The van der Waals surface area contributed by atoms with E-state index in [1.165, 1.54) is 25.7 Å². The predicted molar refractivity (Wildman–Crippen MR) is 90.0 cm³/mol. The number of hydrogen-bond acceptors (Lipinski definition) is 3. The van der Waals surface area contributed by atoms with Crippen LogP contribution >= 0.6 is 0 Å². The Labute approximate surface area is 135 Å². The number of nitrogens with one attached hydrogen (secondary N) is 2. The van der Waals surface area contributed by atoms with E-state index in [4.69, 9.17) is 4.74 Å². The van der Waals surface area contributed by atoms with Crippen LogP contribution in [-0.2, 0) is 4.74 Å². The normalized spacial score (nSPS) is 25.7. The molecule has 0 aromatic carbocycles. The number of ether oxygens (including phenoxy) is 1. The molecule has 0 bridgehead atoms. The zero-order chi connectivity index (χ0) is 16.0. The van der Waals surface area contributed by atoms with Crippen LogP contribution in [-0.4, -0.2) is 30.3 Å². The second-order valence-electron chi connectivity index (χ2n) is 7.65. The molecule has 2 N–H and O–H groups in total. The quantitative estimate of drug-likeness (QED) is 0.757. The molecule has 0 aliphatic heterocycles. The maximum Gasteiger partial charge on any atom is 0.407 e. The fourth-order valence-corrected chi connectivity index (χ4v) is 3.32. The Morgan fingerprint density at radius 3 is 2.50 bits per heavy atom. The number of allylic oxidation sites excluding steroid dienone is 1. The molecular weight excluding hydrogens is 276 g/mol. The largest absolute Gasteiger partial charge is 0.444 e. The van der Waals surface area contributed by atoms with Crippen LogP contribution in [0, 0.1) is 0 Å². The Hall–Kier alpha value is -1.03. The number of carbonyl (C=O) groups excluding carboxylic acids is 1. The number of carbonyl (C=O) groups is 1. The number of rotatable bonds is 5. The van der Waals surface area contributed by atoms with Gasteiger partial charge in [-0.3, -0.25) is 0 Å². The fourth-order valence-electron chi connectivity index (χ4n) is 3.32. The first kappa shape index (κ1) is 17.3. The van der Waals surface area contributed by atoms with E-state index in [0.717, 1.165) is 32.2 Å². The molecule has 1 saturated carbocycles. The third-order valence-electron chi connectivity index (χ3n) is 4.46. The van der Waals surface area contributed by atoms with E-state index in [1.807, 2.05) is 20.8 Å². The molecule has 2 rings (SSSR count). The van der Waals surface area contributed by atoms with Gasteiger partial charge in [-0.05, 0) is 78.7 Å². The molecule has 4 heteroatoms. The molecule has 1 fully saturated rings. The van der Waals surface area contributed by atoms with Crippen LogP contribution in [0.3, 0.4) is 0 Å². The first-order valence-electron chi connectivity index (χ1n) is 8.83. The third kappa shape index (κ3) is 6.39. The second kappa shape index (κ2) is 8.00. The standard InChI is InChI=1S/C18H32N2O2/c1-18(2,3)22-17(21)20-16-10-8-15(9-11-16)19-13-12-14-6-4-5-7-14/h6,15-16,19H,4-5,7-13H2,1-3H3,(H,20,21). The van der Waals surface area contributed by atoms with Gasteiger partial charge < -0.3 is 15.4 Å². The van der Waals surface area contributed by atoms with Gasteiger partial charge in [0.25, 0.3) is 0 Å². The van der Waals surface area contributed by atoms with Gasteiger partial charge in [0.15, 0.2) is 0 Å². The summed E-state index contributed by atoms with van der Waals surface area (Å²) in [6.45, 7) is 6.79. The van der Waals surface area contributed by atoms with Crippen molar-refractivity contribution in [1.82, 2.24) is 10.6 Å². The molecule has 0 saturated heterocycles. The van der Waals surface area contributed by atoms with Crippen LogP contribution in [0.1, 0.15) is 72.1 Å². The zero-order valence-corrected chi connectivity index (χ0v) is 14.4. The van der Waals surface area contributed by atoms with Gasteiger partial charge >= 0.3 is 6.09 Å². The minimum Gasteiger partial charge on any atom is -0.444 e. The monoisotopic (exact) mass is 308 g/mol. The van der Waals surface area contributed by atoms with Crippen molar-refractivity contribution in [1.29, 1.82) is 0 Å². The summed E-state index contributed by atoms with van der Waals surface area (Å²) >= 11 is 0. The first-order valence-corrected chi connectivity index (χ1v) is 8.83. The molecular formula is C18H32N2O2. The summed E-state index contributed by atoms with van der Waals surface area (Å²) in [6.07, 6.45) is 11.6. The van der Waals surface area contributed by atoms with Crippen molar-refractivity contribution >= 4 is 6.09 Å². The Morgan fingerprint density at radius 1 is 1.23 bits per heavy atom. The summed E-state index contributed by atoms with van der Waals surface area (Å²) in [5.41, 5.74) is 1.21. The highest BCUT2D eigenvalue weighted by Crippen LogP contribution is 2.22. The molecule has 0 aromatic heterocycles. The Balaban J connectivity index is 1.58. The van der Waals surface area contributed by atoms with Crippen molar-refractivity contribution in [3.63, 3.8) is 0 Å². The van der Waals surface area contributed by atoms with Gasteiger partial charge in [0, 0.05) is 12.1 Å². The van der Waals surface area contributed by atoms with E-state index >= 15 is 0 Å². The minimum atomic E-state index is -0.419. The van der Waals surface area contributed by atoms with Crippen LogP contribution in [0.25, 0.3) is 0 Å². The van der Waals surface area contributed by atoms with Gasteiger partial charge in [0.2, 0.25) is 0 Å². The maximum absolute atomic E-state index is 11.8. The van der Waals surface area contributed by atoms with Gasteiger partial charge in [0.05, 0.1) is 0 Å². The van der Waals surface area contributed by atoms with E-state index in [2.05, 4.69) is 16.7 Å². The Kier molecular flexibility index (Phi) is 6.30. The highest BCUT2D eigenvalue weighted by atomic mass is 16.6. The Morgan fingerprint density at radius 2 is 1.91 bits per heavy atom. The molecule has 0 unspecified atom stereocenters. The zero-order valence-electron chi connectivity index (χ0n) is 14.4. The second-order valence-corrected chi connectivity index (χ2v) is 7.65. The summed E-state index contributed by atoms with van der Waals surface area (Å²) in [7, 11) is 0. The highest BCUT2D eigenvalue weighted by molar-refractivity contribution is 5.68. The van der Waals surface area contributed by atoms with E-state index in [9.17, 15) is 4.79 Å². The van der Waals surface area contributed by atoms with Crippen molar-refractivity contribution in [2.24, 2.45) is 0 Å². The predicted octanol–water partition coefficient (Wildman–Crippen LogP) is 3.91. The van der Waals surface area contributed by atoms with Crippen molar-refractivity contribution in [3.05, 3.63) is 11.6 Å². The first-order chi connectivity index (χ1) is 10.4. The molecule has 0 radical (unpaired) electrons. The van der Waals surface area contributed by atoms with E-state index in [1.54, 1.807) is 5.57 Å². The van der Waals surface area contributed by atoms with Gasteiger partial charge in [-0.2, -0.15) is 0 Å². The number of amides is 1. The summed E-state index contributed by atoms with van der Waals surface area (Å²) in [6, 6.07) is 0.879. The maximum atomic E-state index is 11.8. The highest BCUT2D eigenvalue weighted by Gasteiger charge is 2.24. The number of alkyl carbamates (subject to hydrolysis) is 1. The molecule has 22 heavy (non-hydrogen) atoms. The molecule has 0 atom stereocenters. The third-order valence-corrected chi connectivity index (χ3v) is 4.46. The molecule has 0 heterocycles. The average molecular weight is 308 g/mol. The topological polar surface area (TPSA) is 50.4 Å². The lowest BCUT2D eigenvalue weighted by Gasteiger charge is -2.30. The lowest BCUT2D eigenvalue weighted by Crippen LogP contribution is -2.44. The van der Waals surface area contributed by atoms with Crippen LogP contribution in [0.4, 0.5) is 4.79 Å². The van der Waals surface area contributed by atoms with Crippen molar-refractivity contribution in [2.75, 3.05) is 6.54 Å². The van der Waals surface area contributed by atoms with Crippen LogP contribution in [0.2, 0.25) is 0 Å². The Bertz CT molecular complexity index is 390. The molecule has 2 aliphatic carbocycles. The van der Waals surface area contributed by atoms with Crippen LogP contribution in [0.15, 0.2) is 11.6 Å². The minimum absolute atomic E-state index is 0.269. The molecule has 1 amide bonds. The lowest BCUT2D eigenvalue weighted by molar-refractivity contribution is 0.0490. The lowest BCUT2D eigenvalue weighted by atomic mass is 9.91. The van der Waals surface area contributed by atoms with E-state index in [0.29, 0.717) is 6.04 Å². The summed E-state index contributed by atoms with van der Waals surface area (Å²) in [5.74, 6) is 0. The van der Waals surface area contributed by atoms with Gasteiger partial charge in [-0.1, -0.05) is 11.6 Å². The van der Waals surface area contributed by atoms with Gasteiger partial charge in [-0.25, -0.2) is 4.79 Å². The fraction of sp³-hybridized carbons (Fsp3) is 0.833. The van der Waals surface area contributed by atoms with Crippen molar-refractivity contribution in [2.45, 2.75) is 89.8 Å². The van der Waals surface area contributed by atoms with Crippen LogP contribution in [0.5, 0.6) is 0 Å². The molecule has 0 spiro atoms. The van der Waals surface area contributed by atoms with Gasteiger partial charge in [-0.15, -0.1) is 0 Å². The van der Waals surface area contributed by atoms with Crippen molar-refractivity contribution in [3.8, 4) is 0 Å². The van der Waals surface area contributed by atoms with E-state index in [-0.39, 0.29) is 12.1 Å². The summed E-state index contributed by atoms with van der Waals surface area (Å²) in [4.78, 5) is 11.8. The number of hydrogen-bond donors (Lipinski definition) is 2.